The second kappa shape index (κ2) is 11.3. The van der Waals surface area contributed by atoms with Crippen LogP contribution in [0.3, 0.4) is 0 Å². The van der Waals surface area contributed by atoms with Crippen molar-refractivity contribution in [1.29, 1.82) is 0 Å². The van der Waals surface area contributed by atoms with Gasteiger partial charge in [-0.2, -0.15) is 0 Å². The molecule has 0 aliphatic carbocycles. The number of aromatic nitrogens is 3. The van der Waals surface area contributed by atoms with Gasteiger partial charge in [0, 0.05) is 17.5 Å². The Morgan fingerprint density at radius 3 is 2.29 bits per heavy atom. The van der Waals surface area contributed by atoms with E-state index in [-0.39, 0.29) is 11.7 Å². The standard InChI is InChI=1S/C22H26N4O6S2/c1-7-13-10-14(21(28)32-6)20(34-13)23-17(27)11-33-22-25-24-19(26(22)2)12-8-15(29-3)18(31-5)16(9-12)30-4/h8-10H,7,11H2,1-6H3,(H,23,27). The molecule has 12 heteroatoms. The lowest BCUT2D eigenvalue weighted by Crippen LogP contribution is -2.16. The molecule has 0 unspecified atom stereocenters. The summed E-state index contributed by atoms with van der Waals surface area (Å²) >= 11 is 2.59. The zero-order valence-electron chi connectivity index (χ0n) is 19.8. The predicted molar refractivity (Wildman–Crippen MR) is 130 cm³/mol. The number of aryl methyl sites for hydroxylation is 1. The highest BCUT2D eigenvalue weighted by atomic mass is 32.2. The highest BCUT2D eigenvalue weighted by molar-refractivity contribution is 7.99. The fraction of sp³-hybridized carbons (Fsp3) is 0.364. The second-order valence-corrected chi connectivity index (χ2v) is 9.00. The van der Waals surface area contributed by atoms with Gasteiger partial charge in [0.15, 0.2) is 22.5 Å². The van der Waals surface area contributed by atoms with Crippen LogP contribution in [0.4, 0.5) is 5.00 Å². The van der Waals surface area contributed by atoms with Gasteiger partial charge < -0.3 is 28.8 Å². The van der Waals surface area contributed by atoms with Crippen LogP contribution in [0.5, 0.6) is 17.2 Å². The van der Waals surface area contributed by atoms with Gasteiger partial charge in [0.05, 0.1) is 39.8 Å². The molecule has 0 saturated heterocycles. The van der Waals surface area contributed by atoms with E-state index in [1.807, 2.05) is 6.92 Å². The van der Waals surface area contributed by atoms with Gasteiger partial charge in [-0.15, -0.1) is 21.5 Å². The zero-order chi connectivity index (χ0) is 24.8. The van der Waals surface area contributed by atoms with Gasteiger partial charge in [-0.3, -0.25) is 4.79 Å². The predicted octanol–water partition coefficient (Wildman–Crippen LogP) is 3.65. The molecule has 34 heavy (non-hydrogen) atoms. The summed E-state index contributed by atoms with van der Waals surface area (Å²) in [6.07, 6.45) is 0.752. The number of ether oxygens (including phenoxy) is 4. The number of hydrogen-bond donors (Lipinski definition) is 1. The maximum atomic E-state index is 12.6. The Labute approximate surface area is 205 Å². The van der Waals surface area contributed by atoms with Crippen molar-refractivity contribution in [3.63, 3.8) is 0 Å². The normalized spacial score (nSPS) is 10.6. The maximum absolute atomic E-state index is 12.6. The Morgan fingerprint density at radius 2 is 1.74 bits per heavy atom. The third-order valence-electron chi connectivity index (χ3n) is 4.88. The van der Waals surface area contributed by atoms with Crippen LogP contribution in [0.15, 0.2) is 23.4 Å². The third kappa shape index (κ3) is 5.28. The molecular formula is C22H26N4O6S2. The van der Waals surface area contributed by atoms with Gasteiger partial charge in [0.2, 0.25) is 11.7 Å². The number of thiophene rings is 1. The van der Waals surface area contributed by atoms with E-state index in [0.717, 1.165) is 11.3 Å². The summed E-state index contributed by atoms with van der Waals surface area (Å²) in [5.41, 5.74) is 1.07. The number of thioether (sulfide) groups is 1. The molecule has 2 aromatic heterocycles. The van der Waals surface area contributed by atoms with E-state index in [2.05, 4.69) is 15.5 Å². The lowest BCUT2D eigenvalue weighted by molar-refractivity contribution is -0.113. The number of carbonyl (C=O) groups excluding carboxylic acids is 2. The number of nitrogens with zero attached hydrogens (tertiary/aromatic N) is 3. The van der Waals surface area contributed by atoms with Crippen LogP contribution in [0, 0.1) is 0 Å². The van der Waals surface area contributed by atoms with Crippen molar-refractivity contribution in [2.75, 3.05) is 39.5 Å². The minimum atomic E-state index is -0.484. The molecule has 1 N–H and O–H groups in total. The number of carbonyl (C=O) groups is 2. The van der Waals surface area contributed by atoms with Crippen LogP contribution in [0.25, 0.3) is 11.4 Å². The summed E-state index contributed by atoms with van der Waals surface area (Å²) in [5.74, 6) is 1.38. The largest absolute Gasteiger partial charge is 0.493 e. The highest BCUT2D eigenvalue weighted by Crippen LogP contribution is 2.41. The minimum absolute atomic E-state index is 0.0845. The fourth-order valence-corrected chi connectivity index (χ4v) is 4.88. The molecule has 0 fully saturated rings. The number of nitrogens with one attached hydrogen (secondary N) is 1. The molecule has 1 amide bonds. The second-order valence-electron chi connectivity index (χ2n) is 6.92. The molecular weight excluding hydrogens is 480 g/mol. The molecule has 0 bridgehead atoms. The van der Waals surface area contributed by atoms with E-state index in [1.165, 1.54) is 37.3 Å². The Balaban J connectivity index is 1.75. The van der Waals surface area contributed by atoms with Gasteiger partial charge in [0.1, 0.15) is 5.00 Å². The van der Waals surface area contributed by atoms with Crippen LogP contribution < -0.4 is 19.5 Å². The van der Waals surface area contributed by atoms with E-state index >= 15 is 0 Å². The molecule has 0 radical (unpaired) electrons. The summed E-state index contributed by atoms with van der Waals surface area (Å²) in [7, 11) is 7.74. The van der Waals surface area contributed by atoms with Crippen LogP contribution >= 0.6 is 23.1 Å². The summed E-state index contributed by atoms with van der Waals surface area (Å²) in [5, 5.41) is 12.3. The quantitative estimate of drug-likeness (QED) is 0.325. The van der Waals surface area contributed by atoms with E-state index in [0.29, 0.717) is 44.4 Å². The molecule has 182 valence electrons. The van der Waals surface area contributed by atoms with E-state index in [9.17, 15) is 9.59 Å². The summed E-state index contributed by atoms with van der Waals surface area (Å²) < 4.78 is 22.8. The molecule has 2 heterocycles. The average molecular weight is 507 g/mol. The smallest absolute Gasteiger partial charge is 0.340 e. The first-order valence-electron chi connectivity index (χ1n) is 10.2. The number of rotatable bonds is 10. The lowest BCUT2D eigenvalue weighted by Gasteiger charge is -2.14. The van der Waals surface area contributed by atoms with Crippen molar-refractivity contribution in [3.8, 4) is 28.6 Å². The monoisotopic (exact) mass is 506 g/mol. The van der Waals surface area contributed by atoms with Crippen molar-refractivity contribution < 1.29 is 28.5 Å². The third-order valence-corrected chi connectivity index (χ3v) is 7.10. The molecule has 0 aliphatic rings. The van der Waals surface area contributed by atoms with Gasteiger partial charge in [-0.1, -0.05) is 18.7 Å². The van der Waals surface area contributed by atoms with Crippen molar-refractivity contribution in [2.45, 2.75) is 18.5 Å². The Kier molecular flexibility index (Phi) is 8.40. The van der Waals surface area contributed by atoms with Crippen molar-refractivity contribution in [2.24, 2.45) is 7.05 Å². The summed E-state index contributed by atoms with van der Waals surface area (Å²) in [4.78, 5) is 25.6. The van der Waals surface area contributed by atoms with Gasteiger partial charge in [-0.25, -0.2) is 4.79 Å². The molecule has 0 saturated carbocycles. The maximum Gasteiger partial charge on any atom is 0.340 e. The first kappa shape index (κ1) is 25.4. The molecule has 0 spiro atoms. The van der Waals surface area contributed by atoms with E-state index < -0.39 is 5.97 Å². The number of methoxy groups -OCH3 is 4. The van der Waals surface area contributed by atoms with Crippen LogP contribution in [0.1, 0.15) is 22.2 Å². The molecule has 10 nitrogen and oxygen atoms in total. The SMILES string of the molecule is CCc1cc(C(=O)OC)c(NC(=O)CSc2nnc(-c3cc(OC)c(OC)c(OC)c3)n2C)s1. The molecule has 0 atom stereocenters. The zero-order valence-corrected chi connectivity index (χ0v) is 21.4. The first-order chi connectivity index (χ1) is 16.4. The number of esters is 1. The topological polar surface area (TPSA) is 114 Å². The molecule has 3 aromatic rings. The number of benzene rings is 1. The van der Waals surface area contributed by atoms with Crippen molar-refractivity contribution >= 4 is 40.0 Å². The van der Waals surface area contributed by atoms with Crippen molar-refractivity contribution in [3.05, 3.63) is 28.6 Å². The summed E-state index contributed by atoms with van der Waals surface area (Å²) in [6, 6.07) is 5.30. The number of amides is 1. The van der Waals surface area contributed by atoms with E-state index in [1.54, 1.807) is 44.0 Å². The van der Waals surface area contributed by atoms with Crippen LogP contribution in [-0.2, 0) is 23.0 Å². The average Bonchev–Trinajstić information content (AvgIpc) is 3.43. The number of anilines is 1. The molecule has 0 aliphatic heterocycles. The van der Waals surface area contributed by atoms with Gasteiger partial charge >= 0.3 is 5.97 Å². The Bertz CT molecular complexity index is 1170. The van der Waals surface area contributed by atoms with Gasteiger partial charge in [0.25, 0.3) is 0 Å². The van der Waals surface area contributed by atoms with Crippen molar-refractivity contribution in [1.82, 2.24) is 14.8 Å². The molecule has 3 rings (SSSR count). The molecule has 1 aromatic carbocycles. The summed E-state index contributed by atoms with van der Waals surface area (Å²) in [6.45, 7) is 1.98. The van der Waals surface area contributed by atoms with E-state index in [4.69, 9.17) is 18.9 Å². The minimum Gasteiger partial charge on any atom is -0.493 e. The fourth-order valence-electron chi connectivity index (χ4n) is 3.17. The van der Waals surface area contributed by atoms with Crippen LogP contribution in [-0.4, -0.2) is 60.8 Å². The first-order valence-corrected chi connectivity index (χ1v) is 12.0. The lowest BCUT2D eigenvalue weighted by atomic mass is 10.1. The van der Waals surface area contributed by atoms with Gasteiger partial charge in [-0.05, 0) is 24.6 Å². The highest BCUT2D eigenvalue weighted by Gasteiger charge is 2.21. The number of hydrogen-bond acceptors (Lipinski definition) is 10. The Hall–Kier alpha value is -3.25. The van der Waals surface area contributed by atoms with Crippen LogP contribution in [0.2, 0.25) is 0 Å². The Morgan fingerprint density at radius 1 is 1.06 bits per heavy atom.